The number of hydrogen-bond donors (Lipinski definition) is 1. The van der Waals surface area contributed by atoms with E-state index in [-0.39, 0.29) is 22.6 Å². The largest absolute Gasteiger partial charge is 0.507 e. The normalized spacial score (nSPS) is 18.7. The monoisotopic (exact) mass is 681 g/mol. The lowest BCUT2D eigenvalue weighted by Gasteiger charge is -2.23. The van der Waals surface area contributed by atoms with Crippen molar-refractivity contribution in [1.82, 2.24) is 10.2 Å². The van der Waals surface area contributed by atoms with Gasteiger partial charge in [-0.25, -0.2) is 0 Å². The molecule has 2 aliphatic rings. The second-order valence-electron chi connectivity index (χ2n) is 10.8. The highest BCUT2D eigenvalue weighted by Gasteiger charge is 2.48. The third-order valence-electron chi connectivity index (χ3n) is 7.52. The third-order valence-corrected chi connectivity index (χ3v) is 10.2. The van der Waals surface area contributed by atoms with Gasteiger partial charge in [0.15, 0.2) is 4.34 Å². The van der Waals surface area contributed by atoms with Gasteiger partial charge in [0, 0.05) is 27.8 Å². The molecular formula is C33H29Cl2N3O5S2. The van der Waals surface area contributed by atoms with Crippen LogP contribution in [-0.2, 0) is 21.8 Å². The number of carbonyl (C=O) groups excluding carboxylic acids is 2. The Morgan fingerprint density at radius 1 is 1.13 bits per heavy atom. The van der Waals surface area contributed by atoms with Crippen LogP contribution in [0, 0.1) is 0 Å². The molecule has 2 atom stereocenters. The number of aromatic nitrogens is 2. The minimum Gasteiger partial charge on any atom is -0.507 e. The molecule has 0 aliphatic carbocycles. The highest BCUT2D eigenvalue weighted by molar-refractivity contribution is 8.00. The molecule has 1 aromatic heterocycles. The number of carbonyl (C=O) groups is 2. The van der Waals surface area contributed by atoms with Gasteiger partial charge in [0.2, 0.25) is 5.13 Å². The lowest BCUT2D eigenvalue weighted by atomic mass is 9.94. The lowest BCUT2D eigenvalue weighted by Crippen LogP contribution is -2.29. The van der Waals surface area contributed by atoms with Crippen molar-refractivity contribution in [2.75, 3.05) is 11.5 Å². The highest BCUT2D eigenvalue weighted by atomic mass is 35.5. The molecule has 3 heterocycles. The Kier molecular flexibility index (Phi) is 9.37. The zero-order valence-corrected chi connectivity index (χ0v) is 27.6. The van der Waals surface area contributed by atoms with Crippen molar-refractivity contribution in [3.05, 3.63) is 98.5 Å². The summed E-state index contributed by atoms with van der Waals surface area (Å²) in [5.41, 5.74) is 2.79. The molecule has 12 heteroatoms. The minimum atomic E-state index is -0.959. The quantitative estimate of drug-likeness (QED) is 0.0446. The molecule has 0 radical (unpaired) electrons. The molecule has 4 aromatic rings. The van der Waals surface area contributed by atoms with E-state index in [1.807, 2.05) is 31.2 Å². The number of anilines is 1. The molecule has 1 N–H and O–H groups in total. The summed E-state index contributed by atoms with van der Waals surface area (Å²) in [6.45, 7) is 4.58. The standard InChI is InChI=1S/C33H29Cl2N3O5S2/c1-3-4-12-42-24-7-5-6-19(15-24)28-27(29(39)20-9-11-26-22(14-20)13-18(2)43-26)30(40)31(41)38(28)32-36-37-33(45-32)44-17-21-8-10-23(34)16-25(21)35/h5-11,14-16,18,28,39H,3-4,12-13,17H2,1-2H3. The SMILES string of the molecule is CCCCOc1cccc(C2C(=C(O)c3ccc4c(c3)CC(C)O4)C(=O)C(=O)N2c2nnc(SCc3ccc(Cl)cc3Cl)s2)c1. The number of aliphatic hydroxyl groups excluding tert-OH is 1. The Morgan fingerprint density at radius 3 is 2.78 bits per heavy atom. The molecule has 2 aliphatic heterocycles. The fraction of sp³-hybridized carbons (Fsp3) is 0.273. The second kappa shape index (κ2) is 13.4. The van der Waals surface area contributed by atoms with E-state index in [2.05, 4.69) is 17.1 Å². The van der Waals surface area contributed by atoms with E-state index in [0.717, 1.165) is 29.7 Å². The van der Waals surface area contributed by atoms with Crippen LogP contribution in [0.1, 0.15) is 55.0 Å². The first-order valence-corrected chi connectivity index (χ1v) is 17.0. The van der Waals surface area contributed by atoms with Crippen LogP contribution in [0.3, 0.4) is 0 Å². The van der Waals surface area contributed by atoms with Crippen LogP contribution >= 0.6 is 46.3 Å². The summed E-state index contributed by atoms with van der Waals surface area (Å²) in [4.78, 5) is 28.7. The van der Waals surface area contributed by atoms with Crippen molar-refractivity contribution < 1.29 is 24.2 Å². The second-order valence-corrected chi connectivity index (χ2v) is 13.8. The van der Waals surface area contributed by atoms with E-state index in [0.29, 0.717) is 50.0 Å². The van der Waals surface area contributed by atoms with Gasteiger partial charge in [0.05, 0.1) is 18.2 Å². The first kappa shape index (κ1) is 31.4. The van der Waals surface area contributed by atoms with E-state index < -0.39 is 17.7 Å². The highest BCUT2D eigenvalue weighted by Crippen LogP contribution is 2.45. The number of thioether (sulfide) groups is 1. The topological polar surface area (TPSA) is 102 Å². The summed E-state index contributed by atoms with van der Waals surface area (Å²) >= 11 is 15.0. The molecule has 0 saturated carbocycles. The summed E-state index contributed by atoms with van der Waals surface area (Å²) in [5.74, 6) is -0.0278. The maximum absolute atomic E-state index is 13.7. The van der Waals surface area contributed by atoms with Gasteiger partial charge in [-0.3, -0.25) is 14.5 Å². The zero-order valence-electron chi connectivity index (χ0n) is 24.5. The Labute approximate surface area is 279 Å². The molecule has 0 bridgehead atoms. The van der Waals surface area contributed by atoms with Gasteiger partial charge in [-0.15, -0.1) is 10.2 Å². The summed E-state index contributed by atoms with van der Waals surface area (Å²) in [6, 6.07) is 16.9. The van der Waals surface area contributed by atoms with E-state index in [1.165, 1.54) is 28.0 Å². The first-order valence-electron chi connectivity index (χ1n) is 14.5. The van der Waals surface area contributed by atoms with Crippen molar-refractivity contribution >= 4 is 68.9 Å². The predicted molar refractivity (Wildman–Crippen MR) is 178 cm³/mol. The van der Waals surface area contributed by atoms with E-state index in [9.17, 15) is 14.7 Å². The predicted octanol–water partition coefficient (Wildman–Crippen LogP) is 8.27. The van der Waals surface area contributed by atoms with Gasteiger partial charge in [-0.05, 0) is 72.5 Å². The van der Waals surface area contributed by atoms with Crippen LogP contribution < -0.4 is 14.4 Å². The van der Waals surface area contributed by atoms with Crippen LogP contribution in [-0.4, -0.2) is 39.7 Å². The van der Waals surface area contributed by atoms with Crippen LogP contribution in [0.2, 0.25) is 10.0 Å². The molecule has 1 amide bonds. The van der Waals surface area contributed by atoms with Crippen molar-refractivity contribution in [3.8, 4) is 11.5 Å². The molecule has 3 aromatic carbocycles. The molecule has 6 rings (SSSR count). The van der Waals surface area contributed by atoms with Gasteiger partial charge in [-0.1, -0.05) is 77.8 Å². The molecular weight excluding hydrogens is 653 g/mol. The number of fused-ring (bicyclic) bond motifs is 1. The summed E-state index contributed by atoms with van der Waals surface area (Å²) in [5, 5.41) is 21.6. The van der Waals surface area contributed by atoms with Crippen LogP contribution in [0.4, 0.5) is 5.13 Å². The number of nitrogens with zero attached hydrogens (tertiary/aromatic N) is 3. The fourth-order valence-corrected chi connectivity index (χ4v) is 7.74. The molecule has 1 fully saturated rings. The smallest absolute Gasteiger partial charge is 0.301 e. The maximum atomic E-state index is 13.7. The van der Waals surface area contributed by atoms with E-state index >= 15 is 0 Å². The first-order chi connectivity index (χ1) is 21.7. The van der Waals surface area contributed by atoms with Crippen LogP contribution in [0.15, 0.2) is 70.6 Å². The van der Waals surface area contributed by atoms with Crippen LogP contribution in [0.25, 0.3) is 5.76 Å². The van der Waals surface area contributed by atoms with Gasteiger partial charge in [0.25, 0.3) is 5.78 Å². The third kappa shape index (κ3) is 6.56. The molecule has 45 heavy (non-hydrogen) atoms. The number of halogens is 2. The summed E-state index contributed by atoms with van der Waals surface area (Å²) in [7, 11) is 0. The Balaban J connectivity index is 1.38. The molecule has 2 unspecified atom stereocenters. The van der Waals surface area contributed by atoms with E-state index in [4.69, 9.17) is 32.7 Å². The Morgan fingerprint density at radius 2 is 1.98 bits per heavy atom. The van der Waals surface area contributed by atoms with Crippen LogP contribution in [0.5, 0.6) is 11.5 Å². The zero-order chi connectivity index (χ0) is 31.7. The summed E-state index contributed by atoms with van der Waals surface area (Å²) < 4.78 is 12.3. The maximum Gasteiger partial charge on any atom is 0.301 e. The number of hydrogen-bond acceptors (Lipinski definition) is 9. The fourth-order valence-electron chi connectivity index (χ4n) is 5.32. The van der Waals surface area contributed by atoms with Gasteiger partial charge in [-0.2, -0.15) is 0 Å². The lowest BCUT2D eigenvalue weighted by molar-refractivity contribution is -0.132. The van der Waals surface area contributed by atoms with Gasteiger partial charge in [0.1, 0.15) is 23.4 Å². The summed E-state index contributed by atoms with van der Waals surface area (Å²) in [6.07, 6.45) is 2.55. The Hall–Kier alpha value is -3.57. The van der Waals surface area contributed by atoms with Crippen molar-refractivity contribution in [3.63, 3.8) is 0 Å². The number of ketones is 1. The van der Waals surface area contributed by atoms with Crippen molar-refractivity contribution in [1.29, 1.82) is 0 Å². The van der Waals surface area contributed by atoms with Crippen molar-refractivity contribution in [2.24, 2.45) is 0 Å². The minimum absolute atomic E-state index is 0.0126. The van der Waals surface area contributed by atoms with Gasteiger partial charge < -0.3 is 14.6 Å². The number of unbranched alkanes of at least 4 members (excludes halogenated alkanes) is 1. The molecule has 1 saturated heterocycles. The Bertz CT molecular complexity index is 1810. The molecule has 232 valence electrons. The average Bonchev–Trinajstić information content (AvgIpc) is 3.71. The number of ether oxygens (including phenoxy) is 2. The average molecular weight is 683 g/mol. The molecule has 0 spiro atoms. The van der Waals surface area contributed by atoms with Gasteiger partial charge >= 0.3 is 5.91 Å². The van der Waals surface area contributed by atoms with E-state index in [1.54, 1.807) is 36.4 Å². The number of aliphatic hydroxyl groups is 1. The number of Topliss-reactive ketones (excluding diaryl/α,β-unsaturated/α-hetero) is 1. The molecule has 8 nitrogen and oxygen atoms in total. The number of rotatable bonds is 10. The van der Waals surface area contributed by atoms with Crippen molar-refractivity contribution in [2.45, 2.75) is 55.3 Å². The number of amides is 1. The number of benzene rings is 3.